The lowest BCUT2D eigenvalue weighted by molar-refractivity contribution is -0.140. The second-order valence-corrected chi connectivity index (χ2v) is 9.92. The van der Waals surface area contributed by atoms with E-state index in [0.717, 1.165) is 35.5 Å². The van der Waals surface area contributed by atoms with Crippen molar-refractivity contribution in [3.8, 4) is 11.5 Å². The number of aryl methyl sites for hydroxylation is 2. The number of aliphatic hydroxyl groups excluding tert-OH is 1. The zero-order valence-corrected chi connectivity index (χ0v) is 23.7. The molecule has 210 valence electrons. The minimum atomic E-state index is -0.699. The summed E-state index contributed by atoms with van der Waals surface area (Å²) >= 11 is 0. The second kappa shape index (κ2) is 13.3. The lowest BCUT2D eigenvalue weighted by Crippen LogP contribution is -2.38. The van der Waals surface area contributed by atoms with E-state index in [1.54, 1.807) is 17.0 Å². The molecule has 40 heavy (non-hydrogen) atoms. The van der Waals surface area contributed by atoms with Crippen LogP contribution in [-0.2, 0) is 9.59 Å². The number of rotatable bonds is 12. The van der Waals surface area contributed by atoms with Gasteiger partial charge in [0, 0.05) is 18.7 Å². The first kappa shape index (κ1) is 28.9. The summed E-state index contributed by atoms with van der Waals surface area (Å²) in [5.41, 5.74) is 3.44. The van der Waals surface area contributed by atoms with E-state index in [-0.39, 0.29) is 11.3 Å². The molecule has 1 aliphatic rings. The van der Waals surface area contributed by atoms with Gasteiger partial charge in [0.2, 0.25) is 0 Å². The highest BCUT2D eigenvalue weighted by molar-refractivity contribution is 6.46. The van der Waals surface area contributed by atoms with Crippen LogP contribution in [0.15, 0.2) is 78.4 Å². The van der Waals surface area contributed by atoms with Crippen LogP contribution in [0, 0.1) is 13.8 Å². The molecule has 0 aliphatic carbocycles. The molecule has 0 aromatic heterocycles. The van der Waals surface area contributed by atoms with E-state index >= 15 is 0 Å². The van der Waals surface area contributed by atoms with E-state index in [2.05, 4.69) is 18.7 Å². The second-order valence-electron chi connectivity index (χ2n) is 9.92. The van der Waals surface area contributed by atoms with Crippen molar-refractivity contribution in [1.82, 2.24) is 9.80 Å². The largest absolute Gasteiger partial charge is 0.507 e. The number of likely N-dealkylation sites (tertiary alicyclic amines) is 1. The molecular formula is C33H38N2O5. The number of ketones is 1. The lowest BCUT2D eigenvalue weighted by Gasteiger charge is -2.28. The lowest BCUT2D eigenvalue weighted by atomic mass is 9.95. The molecule has 1 fully saturated rings. The number of para-hydroxylation sites is 1. The van der Waals surface area contributed by atoms with Crippen LogP contribution in [0.5, 0.6) is 11.5 Å². The van der Waals surface area contributed by atoms with Gasteiger partial charge in [0.05, 0.1) is 11.6 Å². The molecule has 1 N–H and O–H groups in total. The molecule has 1 aliphatic heterocycles. The zero-order valence-electron chi connectivity index (χ0n) is 23.7. The molecule has 0 unspecified atom stereocenters. The van der Waals surface area contributed by atoms with E-state index in [9.17, 15) is 14.7 Å². The van der Waals surface area contributed by atoms with E-state index in [4.69, 9.17) is 9.47 Å². The number of aliphatic hydroxyl groups is 1. The Morgan fingerprint density at radius 1 is 0.875 bits per heavy atom. The van der Waals surface area contributed by atoms with Gasteiger partial charge in [0.15, 0.2) is 0 Å². The fraction of sp³-hybridized carbons (Fsp3) is 0.333. The van der Waals surface area contributed by atoms with E-state index in [1.807, 2.05) is 74.5 Å². The van der Waals surface area contributed by atoms with Crippen molar-refractivity contribution < 1.29 is 24.2 Å². The molecule has 7 heteroatoms. The van der Waals surface area contributed by atoms with Gasteiger partial charge >= 0.3 is 0 Å². The van der Waals surface area contributed by atoms with Gasteiger partial charge in [-0.25, -0.2) is 0 Å². The molecule has 1 heterocycles. The van der Waals surface area contributed by atoms with Crippen molar-refractivity contribution in [3.63, 3.8) is 0 Å². The Kier molecular flexibility index (Phi) is 9.61. The minimum Gasteiger partial charge on any atom is -0.507 e. The van der Waals surface area contributed by atoms with Crippen LogP contribution in [0.2, 0.25) is 0 Å². The predicted molar refractivity (Wildman–Crippen MR) is 157 cm³/mol. The monoisotopic (exact) mass is 542 g/mol. The van der Waals surface area contributed by atoms with Crippen LogP contribution < -0.4 is 9.47 Å². The summed E-state index contributed by atoms with van der Waals surface area (Å²) in [5, 5.41) is 11.3. The van der Waals surface area contributed by atoms with E-state index < -0.39 is 17.7 Å². The van der Waals surface area contributed by atoms with Gasteiger partial charge in [0.1, 0.15) is 30.5 Å². The summed E-state index contributed by atoms with van der Waals surface area (Å²) in [7, 11) is 0. The summed E-state index contributed by atoms with van der Waals surface area (Å²) in [5.74, 6) is 0.0449. The summed E-state index contributed by atoms with van der Waals surface area (Å²) in [6.45, 7) is 11.5. The number of carbonyl (C=O) groups is 2. The quantitative estimate of drug-likeness (QED) is 0.140. The number of hydrogen-bond acceptors (Lipinski definition) is 6. The van der Waals surface area contributed by atoms with Crippen LogP contribution >= 0.6 is 0 Å². The summed E-state index contributed by atoms with van der Waals surface area (Å²) in [6, 6.07) is 21.7. The van der Waals surface area contributed by atoms with Gasteiger partial charge in [0.25, 0.3) is 11.7 Å². The Balaban J connectivity index is 1.56. The summed E-state index contributed by atoms with van der Waals surface area (Å²) < 4.78 is 11.7. The van der Waals surface area contributed by atoms with Gasteiger partial charge in [-0.2, -0.15) is 0 Å². The minimum absolute atomic E-state index is 0.105. The number of Topliss-reactive ketones (excluding diaryl/α,β-unsaturated/α-hetero) is 1. The molecule has 0 bridgehead atoms. The van der Waals surface area contributed by atoms with Gasteiger partial charge in [-0.3, -0.25) is 9.59 Å². The third-order valence-electron chi connectivity index (χ3n) is 7.32. The fourth-order valence-electron chi connectivity index (χ4n) is 4.89. The van der Waals surface area contributed by atoms with Crippen LogP contribution in [0.3, 0.4) is 0 Å². The molecule has 0 radical (unpaired) electrons. The van der Waals surface area contributed by atoms with Crippen LogP contribution in [-0.4, -0.2) is 66.0 Å². The number of ether oxygens (including phenoxy) is 2. The SMILES string of the molecule is CCN(CC)CCN1C(=O)C(=O)C(=C(O)c2ccc(C)cc2)[C@H]1c1ccc(OCCOc2ccccc2C)cc1. The van der Waals surface area contributed by atoms with Crippen molar-refractivity contribution in [2.24, 2.45) is 0 Å². The predicted octanol–water partition coefficient (Wildman–Crippen LogP) is 5.52. The normalized spacial score (nSPS) is 16.5. The smallest absolute Gasteiger partial charge is 0.295 e. The molecule has 0 saturated carbocycles. The molecule has 4 rings (SSSR count). The maximum Gasteiger partial charge on any atom is 0.295 e. The molecule has 1 amide bonds. The Morgan fingerprint density at radius 2 is 1.52 bits per heavy atom. The van der Waals surface area contributed by atoms with Gasteiger partial charge in [-0.05, 0) is 56.3 Å². The van der Waals surface area contributed by atoms with Crippen LogP contribution in [0.25, 0.3) is 5.76 Å². The number of likely N-dealkylation sites (N-methyl/N-ethyl adjacent to an activating group) is 1. The highest BCUT2D eigenvalue weighted by Gasteiger charge is 2.46. The standard InChI is InChI=1S/C33H38N2O5/c1-5-34(6-2)19-20-35-30(29(32(37)33(35)38)31(36)26-13-11-23(3)12-14-26)25-15-17-27(18-16-25)39-21-22-40-28-10-8-7-9-24(28)4/h7-18,30,36H,5-6,19-22H2,1-4H3/t30-/m1/s1. The van der Waals surface area contributed by atoms with Crippen LogP contribution in [0.1, 0.15) is 42.1 Å². The summed E-state index contributed by atoms with van der Waals surface area (Å²) in [4.78, 5) is 30.3. The molecular weight excluding hydrogens is 504 g/mol. The first-order valence-corrected chi connectivity index (χ1v) is 13.8. The first-order chi connectivity index (χ1) is 19.3. The van der Waals surface area contributed by atoms with E-state index in [0.29, 0.717) is 37.6 Å². The number of amides is 1. The van der Waals surface area contributed by atoms with Crippen molar-refractivity contribution in [2.75, 3.05) is 39.4 Å². The average Bonchev–Trinajstić information content (AvgIpc) is 3.22. The molecule has 3 aromatic rings. The van der Waals surface area contributed by atoms with Crippen molar-refractivity contribution in [2.45, 2.75) is 33.7 Å². The molecule has 7 nitrogen and oxygen atoms in total. The van der Waals surface area contributed by atoms with E-state index in [1.165, 1.54) is 0 Å². The highest BCUT2D eigenvalue weighted by atomic mass is 16.5. The van der Waals surface area contributed by atoms with Crippen molar-refractivity contribution >= 4 is 17.4 Å². The number of hydrogen-bond donors (Lipinski definition) is 1. The highest BCUT2D eigenvalue weighted by Crippen LogP contribution is 2.39. The number of benzene rings is 3. The van der Waals surface area contributed by atoms with Gasteiger partial charge in [-0.1, -0.05) is 74.0 Å². The van der Waals surface area contributed by atoms with Crippen LogP contribution in [0.4, 0.5) is 0 Å². The third kappa shape index (κ3) is 6.54. The number of nitrogens with zero attached hydrogens (tertiary/aromatic N) is 2. The average molecular weight is 543 g/mol. The first-order valence-electron chi connectivity index (χ1n) is 13.8. The zero-order chi connectivity index (χ0) is 28.6. The molecule has 1 atom stereocenters. The topological polar surface area (TPSA) is 79.3 Å². The Bertz CT molecular complexity index is 1340. The number of carbonyl (C=O) groups excluding carboxylic acids is 2. The van der Waals surface area contributed by atoms with Crippen molar-refractivity contribution in [1.29, 1.82) is 0 Å². The maximum absolute atomic E-state index is 13.3. The van der Waals surface area contributed by atoms with Gasteiger partial charge in [-0.15, -0.1) is 0 Å². The Hall–Kier alpha value is -4.10. The maximum atomic E-state index is 13.3. The van der Waals surface area contributed by atoms with Crippen molar-refractivity contribution in [3.05, 3.63) is 101 Å². The Labute approximate surface area is 236 Å². The third-order valence-corrected chi connectivity index (χ3v) is 7.32. The fourth-order valence-corrected chi connectivity index (χ4v) is 4.89. The summed E-state index contributed by atoms with van der Waals surface area (Å²) in [6.07, 6.45) is 0. The molecule has 3 aromatic carbocycles. The Morgan fingerprint density at radius 3 is 2.17 bits per heavy atom. The molecule has 1 saturated heterocycles. The van der Waals surface area contributed by atoms with Gasteiger partial charge < -0.3 is 24.4 Å². The molecule has 0 spiro atoms.